The molecule has 146 valence electrons. The van der Waals surface area contributed by atoms with Gasteiger partial charge in [-0.1, -0.05) is 18.2 Å². The van der Waals surface area contributed by atoms with Crippen molar-refractivity contribution in [2.24, 2.45) is 0 Å². The number of para-hydroxylation sites is 1. The fourth-order valence-corrected chi connectivity index (χ4v) is 3.51. The molecule has 28 heavy (non-hydrogen) atoms. The molecule has 0 aliphatic carbocycles. The summed E-state index contributed by atoms with van der Waals surface area (Å²) in [5.41, 5.74) is 1.71. The molecule has 1 amide bonds. The molecule has 1 saturated heterocycles. The van der Waals surface area contributed by atoms with E-state index in [9.17, 15) is 14.9 Å². The number of fused-ring (bicyclic) bond motifs is 1. The number of carbonyl (C=O) groups is 1. The van der Waals surface area contributed by atoms with Gasteiger partial charge in [-0.2, -0.15) is 0 Å². The van der Waals surface area contributed by atoms with Crippen molar-refractivity contribution in [1.82, 2.24) is 4.90 Å². The lowest BCUT2D eigenvalue weighted by Gasteiger charge is -2.26. The predicted molar refractivity (Wildman–Crippen MR) is 103 cm³/mol. The standard InChI is InChI=1S/C20H21N3O5/c24-20(22-7-9-27-10-8-22)15-5-6-17(18(12-15)23(25)26)21-13-16-11-14-3-1-2-4-19(14)28-16/h1-6,12,16,21H,7-11,13H2. The summed E-state index contributed by atoms with van der Waals surface area (Å²) in [7, 11) is 0. The van der Waals surface area contributed by atoms with Gasteiger partial charge in [-0.05, 0) is 23.8 Å². The van der Waals surface area contributed by atoms with Gasteiger partial charge in [-0.25, -0.2) is 0 Å². The third-order valence-corrected chi connectivity index (χ3v) is 4.97. The van der Waals surface area contributed by atoms with Gasteiger partial charge in [0.2, 0.25) is 0 Å². The fourth-order valence-electron chi connectivity index (χ4n) is 3.51. The van der Waals surface area contributed by atoms with Gasteiger partial charge in [-0.3, -0.25) is 14.9 Å². The van der Waals surface area contributed by atoms with Crippen molar-refractivity contribution in [3.63, 3.8) is 0 Å². The first kappa shape index (κ1) is 18.2. The van der Waals surface area contributed by atoms with E-state index >= 15 is 0 Å². The van der Waals surface area contributed by atoms with Crippen LogP contribution >= 0.6 is 0 Å². The Morgan fingerprint density at radius 1 is 1.21 bits per heavy atom. The first-order valence-electron chi connectivity index (χ1n) is 9.26. The van der Waals surface area contributed by atoms with Crippen molar-refractivity contribution in [1.29, 1.82) is 0 Å². The Morgan fingerprint density at radius 2 is 2.00 bits per heavy atom. The number of anilines is 1. The van der Waals surface area contributed by atoms with Crippen LogP contribution in [0.25, 0.3) is 0 Å². The molecule has 2 aromatic carbocycles. The lowest BCUT2D eigenvalue weighted by Crippen LogP contribution is -2.40. The number of hydrogen-bond acceptors (Lipinski definition) is 6. The number of nitrogens with zero attached hydrogens (tertiary/aromatic N) is 2. The third kappa shape index (κ3) is 3.77. The van der Waals surface area contributed by atoms with Crippen LogP contribution in [0, 0.1) is 10.1 Å². The maximum absolute atomic E-state index is 12.6. The number of carbonyl (C=O) groups excluding carboxylic acids is 1. The lowest BCUT2D eigenvalue weighted by molar-refractivity contribution is -0.384. The summed E-state index contributed by atoms with van der Waals surface area (Å²) in [6.45, 7) is 2.39. The fraction of sp³-hybridized carbons (Fsp3) is 0.350. The molecule has 0 aromatic heterocycles. The van der Waals surface area contributed by atoms with E-state index in [1.165, 1.54) is 6.07 Å². The zero-order valence-electron chi connectivity index (χ0n) is 15.3. The minimum Gasteiger partial charge on any atom is -0.488 e. The number of rotatable bonds is 5. The molecule has 1 atom stereocenters. The SMILES string of the molecule is O=C(c1ccc(NCC2Cc3ccccc3O2)c([N+](=O)[O-])c1)N1CCOCC1. The zero-order valence-corrected chi connectivity index (χ0v) is 15.3. The van der Waals surface area contributed by atoms with Crippen LogP contribution in [0.15, 0.2) is 42.5 Å². The maximum atomic E-state index is 12.6. The average Bonchev–Trinajstić information content (AvgIpc) is 3.15. The van der Waals surface area contributed by atoms with E-state index in [1.807, 2.05) is 24.3 Å². The molecule has 2 aliphatic heterocycles. The molecular formula is C20H21N3O5. The molecule has 2 heterocycles. The van der Waals surface area contributed by atoms with Gasteiger partial charge < -0.3 is 19.7 Å². The second-order valence-corrected chi connectivity index (χ2v) is 6.83. The third-order valence-electron chi connectivity index (χ3n) is 4.97. The van der Waals surface area contributed by atoms with Crippen molar-refractivity contribution in [3.05, 3.63) is 63.7 Å². The quantitative estimate of drug-likeness (QED) is 0.630. The molecule has 0 radical (unpaired) electrons. The highest BCUT2D eigenvalue weighted by Crippen LogP contribution is 2.30. The van der Waals surface area contributed by atoms with E-state index in [0.717, 1.165) is 17.7 Å². The van der Waals surface area contributed by atoms with Gasteiger partial charge in [0.25, 0.3) is 11.6 Å². The largest absolute Gasteiger partial charge is 0.488 e. The monoisotopic (exact) mass is 383 g/mol. The molecule has 1 unspecified atom stereocenters. The molecule has 0 bridgehead atoms. The van der Waals surface area contributed by atoms with Crippen LogP contribution in [0.2, 0.25) is 0 Å². The number of amides is 1. The number of morpholine rings is 1. The number of nitrogens with one attached hydrogen (secondary N) is 1. The summed E-state index contributed by atoms with van der Waals surface area (Å²) in [5.74, 6) is 0.641. The zero-order chi connectivity index (χ0) is 19.5. The number of ether oxygens (including phenoxy) is 2. The molecule has 8 heteroatoms. The Balaban J connectivity index is 1.45. The molecule has 0 saturated carbocycles. The number of benzene rings is 2. The number of nitro benzene ring substituents is 1. The van der Waals surface area contributed by atoms with E-state index in [4.69, 9.17) is 9.47 Å². The topological polar surface area (TPSA) is 93.9 Å². The van der Waals surface area contributed by atoms with Gasteiger partial charge >= 0.3 is 0 Å². The Morgan fingerprint density at radius 3 is 2.75 bits per heavy atom. The maximum Gasteiger partial charge on any atom is 0.293 e. The predicted octanol–water partition coefficient (Wildman–Crippen LogP) is 2.48. The normalized spacial score (nSPS) is 18.3. The lowest BCUT2D eigenvalue weighted by atomic mass is 10.1. The molecule has 1 N–H and O–H groups in total. The summed E-state index contributed by atoms with van der Waals surface area (Å²) >= 11 is 0. The van der Waals surface area contributed by atoms with Gasteiger partial charge in [0.15, 0.2) is 0 Å². The Bertz CT molecular complexity index is 870. The van der Waals surface area contributed by atoms with Crippen molar-refractivity contribution in [2.75, 3.05) is 38.2 Å². The van der Waals surface area contributed by atoms with E-state index in [0.29, 0.717) is 44.1 Å². The summed E-state index contributed by atoms with van der Waals surface area (Å²) in [6, 6.07) is 12.4. The van der Waals surface area contributed by atoms with Crippen LogP contribution in [0.1, 0.15) is 15.9 Å². The molecular weight excluding hydrogens is 362 g/mol. The minimum absolute atomic E-state index is 0.0911. The molecule has 2 aromatic rings. The highest BCUT2D eigenvalue weighted by Gasteiger charge is 2.25. The van der Waals surface area contributed by atoms with Crippen LogP contribution in [0.4, 0.5) is 11.4 Å². The van der Waals surface area contributed by atoms with E-state index in [2.05, 4.69) is 5.32 Å². The molecule has 4 rings (SSSR count). The average molecular weight is 383 g/mol. The van der Waals surface area contributed by atoms with Crippen LogP contribution in [0.5, 0.6) is 5.75 Å². The first-order chi connectivity index (χ1) is 13.6. The van der Waals surface area contributed by atoms with Crippen molar-refractivity contribution < 1.29 is 19.2 Å². The van der Waals surface area contributed by atoms with E-state index in [1.54, 1.807) is 17.0 Å². The van der Waals surface area contributed by atoms with Crippen LogP contribution in [-0.2, 0) is 11.2 Å². The summed E-state index contributed by atoms with van der Waals surface area (Å²) < 4.78 is 11.1. The van der Waals surface area contributed by atoms with E-state index in [-0.39, 0.29) is 17.7 Å². The van der Waals surface area contributed by atoms with Crippen LogP contribution in [-0.4, -0.2) is 54.7 Å². The van der Waals surface area contributed by atoms with Gasteiger partial charge in [0.1, 0.15) is 17.5 Å². The van der Waals surface area contributed by atoms with Gasteiger partial charge in [0.05, 0.1) is 24.7 Å². The first-order valence-corrected chi connectivity index (χ1v) is 9.26. The smallest absolute Gasteiger partial charge is 0.293 e. The number of hydrogen-bond donors (Lipinski definition) is 1. The molecule has 2 aliphatic rings. The van der Waals surface area contributed by atoms with Gasteiger partial charge in [-0.15, -0.1) is 0 Å². The van der Waals surface area contributed by atoms with Crippen molar-refractivity contribution in [3.8, 4) is 5.75 Å². The van der Waals surface area contributed by atoms with E-state index < -0.39 is 4.92 Å². The Hall–Kier alpha value is -3.13. The Labute approximate surface area is 162 Å². The van der Waals surface area contributed by atoms with Gasteiger partial charge in [0, 0.05) is 31.1 Å². The second-order valence-electron chi connectivity index (χ2n) is 6.83. The Kier molecular flexibility index (Phi) is 5.12. The van der Waals surface area contributed by atoms with Crippen LogP contribution < -0.4 is 10.1 Å². The second kappa shape index (κ2) is 7.85. The molecule has 1 fully saturated rings. The highest BCUT2D eigenvalue weighted by molar-refractivity contribution is 5.95. The molecule has 0 spiro atoms. The molecule has 8 nitrogen and oxygen atoms in total. The number of nitro groups is 1. The highest BCUT2D eigenvalue weighted by atomic mass is 16.6. The van der Waals surface area contributed by atoms with Crippen molar-refractivity contribution >= 4 is 17.3 Å². The summed E-state index contributed by atoms with van der Waals surface area (Å²) in [6.07, 6.45) is 0.663. The van der Waals surface area contributed by atoms with Crippen LogP contribution in [0.3, 0.4) is 0 Å². The summed E-state index contributed by atoms with van der Waals surface area (Å²) in [5, 5.41) is 14.6. The summed E-state index contributed by atoms with van der Waals surface area (Å²) in [4.78, 5) is 25.3. The van der Waals surface area contributed by atoms with Crippen molar-refractivity contribution in [2.45, 2.75) is 12.5 Å². The minimum atomic E-state index is -0.470.